The fourth-order valence-corrected chi connectivity index (χ4v) is 2.91. The van der Waals surface area contributed by atoms with Crippen molar-refractivity contribution >= 4 is 11.8 Å². The van der Waals surface area contributed by atoms with E-state index in [0.29, 0.717) is 0 Å². The highest BCUT2D eigenvalue weighted by atomic mass is 32.2. The molecule has 1 atom stereocenters. The van der Waals surface area contributed by atoms with Crippen LogP contribution in [0.5, 0.6) is 0 Å². The van der Waals surface area contributed by atoms with E-state index in [2.05, 4.69) is 45.0 Å². The molecule has 0 aliphatic rings. The monoisotopic (exact) mass is 237 g/mol. The van der Waals surface area contributed by atoms with Gasteiger partial charge >= 0.3 is 0 Å². The van der Waals surface area contributed by atoms with Gasteiger partial charge in [0.1, 0.15) is 0 Å². The van der Waals surface area contributed by atoms with Crippen molar-refractivity contribution in [2.45, 2.75) is 44.6 Å². The van der Waals surface area contributed by atoms with Gasteiger partial charge in [-0.15, -0.1) is 11.8 Å². The molecule has 0 fully saturated rings. The molecule has 2 N–H and O–H groups in total. The van der Waals surface area contributed by atoms with Crippen LogP contribution < -0.4 is 5.73 Å². The highest BCUT2D eigenvalue weighted by Gasteiger charge is 2.08. The Labute approximate surface area is 104 Å². The van der Waals surface area contributed by atoms with Gasteiger partial charge in [-0.1, -0.05) is 39.0 Å². The maximum Gasteiger partial charge on any atom is 0.0303 e. The highest BCUT2D eigenvalue weighted by Crippen LogP contribution is 2.28. The van der Waals surface area contributed by atoms with E-state index in [1.165, 1.54) is 22.6 Å². The summed E-state index contributed by atoms with van der Waals surface area (Å²) in [5.74, 6) is 1.96. The van der Waals surface area contributed by atoms with Gasteiger partial charge in [0, 0.05) is 10.9 Å². The van der Waals surface area contributed by atoms with E-state index in [1.807, 2.05) is 11.8 Å². The van der Waals surface area contributed by atoms with Crippen LogP contribution in [0.25, 0.3) is 0 Å². The van der Waals surface area contributed by atoms with E-state index < -0.39 is 0 Å². The summed E-state index contributed by atoms with van der Waals surface area (Å²) in [5, 5.41) is 0. The second kappa shape index (κ2) is 6.97. The van der Waals surface area contributed by atoms with E-state index in [4.69, 9.17) is 5.73 Å². The Bertz CT molecular complexity index is 309. The average Bonchev–Trinajstić information content (AvgIpc) is 2.28. The first kappa shape index (κ1) is 13.6. The Morgan fingerprint density at radius 1 is 1.25 bits per heavy atom. The lowest BCUT2D eigenvalue weighted by Crippen LogP contribution is -2.09. The summed E-state index contributed by atoms with van der Waals surface area (Å²) in [7, 11) is 0. The molecule has 1 rings (SSSR count). The van der Waals surface area contributed by atoms with Crippen molar-refractivity contribution in [3.05, 3.63) is 29.8 Å². The predicted octanol–water partition coefficient (Wildman–Crippen LogP) is 4.23. The molecule has 2 heteroatoms. The Kier molecular flexibility index (Phi) is 5.93. The zero-order valence-electron chi connectivity index (χ0n) is 10.6. The molecule has 1 aromatic rings. The topological polar surface area (TPSA) is 26.0 Å². The zero-order valence-corrected chi connectivity index (χ0v) is 11.4. The van der Waals surface area contributed by atoms with Crippen LogP contribution >= 0.6 is 11.8 Å². The van der Waals surface area contributed by atoms with E-state index >= 15 is 0 Å². The van der Waals surface area contributed by atoms with Gasteiger partial charge in [0.25, 0.3) is 0 Å². The molecule has 1 aromatic carbocycles. The summed E-state index contributed by atoms with van der Waals surface area (Å²) in [6.07, 6.45) is 2.27. The molecule has 1 nitrogen and oxygen atoms in total. The van der Waals surface area contributed by atoms with Gasteiger partial charge in [0.05, 0.1) is 0 Å². The molecule has 0 amide bonds. The molecule has 90 valence electrons. The van der Waals surface area contributed by atoms with Crippen molar-refractivity contribution < 1.29 is 0 Å². The number of hydrogen-bond donors (Lipinski definition) is 1. The van der Waals surface area contributed by atoms with Crippen molar-refractivity contribution in [2.24, 2.45) is 11.7 Å². The fourth-order valence-electron chi connectivity index (χ4n) is 1.54. The number of rotatable bonds is 6. The van der Waals surface area contributed by atoms with Gasteiger partial charge in [-0.2, -0.15) is 0 Å². The summed E-state index contributed by atoms with van der Waals surface area (Å²) in [6.45, 7) is 6.68. The molecule has 0 saturated carbocycles. The number of nitrogens with two attached hydrogens (primary N) is 1. The third-order valence-electron chi connectivity index (χ3n) is 2.71. The van der Waals surface area contributed by atoms with E-state index in [-0.39, 0.29) is 6.04 Å². The van der Waals surface area contributed by atoms with Crippen LogP contribution in [-0.2, 0) is 0 Å². The quantitative estimate of drug-likeness (QED) is 0.749. The first-order valence-electron chi connectivity index (χ1n) is 6.12. The molecule has 0 bridgehead atoms. The minimum Gasteiger partial charge on any atom is -0.324 e. The Morgan fingerprint density at radius 2 is 1.94 bits per heavy atom. The molecule has 0 radical (unpaired) electrons. The molecule has 16 heavy (non-hydrogen) atoms. The zero-order chi connectivity index (χ0) is 12.0. The van der Waals surface area contributed by atoms with Crippen molar-refractivity contribution in [1.29, 1.82) is 0 Å². The largest absolute Gasteiger partial charge is 0.324 e. The highest BCUT2D eigenvalue weighted by molar-refractivity contribution is 7.99. The van der Waals surface area contributed by atoms with Crippen LogP contribution in [0.15, 0.2) is 29.2 Å². The Hall–Kier alpha value is -0.470. The van der Waals surface area contributed by atoms with Crippen LogP contribution in [-0.4, -0.2) is 5.75 Å². The molecule has 0 aliphatic carbocycles. The van der Waals surface area contributed by atoms with E-state index in [9.17, 15) is 0 Å². The molecule has 0 heterocycles. The Morgan fingerprint density at radius 3 is 2.56 bits per heavy atom. The molecule has 0 saturated heterocycles. The second-order valence-corrected chi connectivity index (χ2v) is 5.72. The lowest BCUT2D eigenvalue weighted by Gasteiger charge is -2.14. The lowest BCUT2D eigenvalue weighted by molar-refractivity contribution is 0.631. The van der Waals surface area contributed by atoms with Crippen molar-refractivity contribution in [1.82, 2.24) is 0 Å². The van der Waals surface area contributed by atoms with Crippen LogP contribution in [0.2, 0.25) is 0 Å². The maximum atomic E-state index is 6.11. The van der Waals surface area contributed by atoms with Gasteiger partial charge < -0.3 is 5.73 Å². The molecule has 0 unspecified atom stereocenters. The van der Waals surface area contributed by atoms with E-state index in [1.54, 1.807) is 0 Å². The van der Waals surface area contributed by atoms with Crippen molar-refractivity contribution in [3.63, 3.8) is 0 Å². The minimum absolute atomic E-state index is 0.183. The van der Waals surface area contributed by atoms with Crippen LogP contribution in [0.3, 0.4) is 0 Å². The smallest absolute Gasteiger partial charge is 0.0303 e. The summed E-state index contributed by atoms with van der Waals surface area (Å²) in [4.78, 5) is 1.36. The summed E-state index contributed by atoms with van der Waals surface area (Å²) < 4.78 is 0. The normalized spacial score (nSPS) is 13.1. The number of hydrogen-bond acceptors (Lipinski definition) is 2. The van der Waals surface area contributed by atoms with Gasteiger partial charge in [-0.05, 0) is 36.1 Å². The maximum absolute atomic E-state index is 6.11. The summed E-state index contributed by atoms with van der Waals surface area (Å²) >= 11 is 1.94. The fraction of sp³-hybridized carbons (Fsp3) is 0.571. The van der Waals surface area contributed by atoms with Crippen LogP contribution in [0.1, 0.15) is 45.2 Å². The molecule has 0 aliphatic heterocycles. The van der Waals surface area contributed by atoms with Crippen LogP contribution in [0, 0.1) is 5.92 Å². The number of thioether (sulfide) groups is 1. The SMILES string of the molecule is CC[C@H](N)c1ccccc1SCCC(C)C. The Balaban J connectivity index is 2.64. The second-order valence-electron chi connectivity index (χ2n) is 4.58. The summed E-state index contributed by atoms with van der Waals surface area (Å²) in [5.41, 5.74) is 7.42. The molecular weight excluding hydrogens is 214 g/mol. The predicted molar refractivity (Wildman–Crippen MR) is 73.8 cm³/mol. The molecular formula is C14H23NS. The average molecular weight is 237 g/mol. The lowest BCUT2D eigenvalue weighted by atomic mass is 10.1. The van der Waals surface area contributed by atoms with E-state index in [0.717, 1.165) is 12.3 Å². The van der Waals surface area contributed by atoms with Crippen LogP contribution in [0.4, 0.5) is 0 Å². The van der Waals surface area contributed by atoms with Gasteiger partial charge in [0.2, 0.25) is 0 Å². The summed E-state index contributed by atoms with van der Waals surface area (Å²) in [6, 6.07) is 8.71. The van der Waals surface area contributed by atoms with Gasteiger partial charge in [0.15, 0.2) is 0 Å². The first-order valence-corrected chi connectivity index (χ1v) is 7.11. The standard InChI is InChI=1S/C14H23NS/c1-4-13(15)12-7-5-6-8-14(12)16-10-9-11(2)3/h5-8,11,13H,4,9-10,15H2,1-3H3/t13-/m0/s1. The third kappa shape index (κ3) is 4.18. The van der Waals surface area contributed by atoms with Crippen molar-refractivity contribution in [2.75, 3.05) is 5.75 Å². The molecule has 0 spiro atoms. The van der Waals surface area contributed by atoms with Crippen molar-refractivity contribution in [3.8, 4) is 0 Å². The van der Waals surface area contributed by atoms with Gasteiger partial charge in [-0.3, -0.25) is 0 Å². The number of benzene rings is 1. The van der Waals surface area contributed by atoms with Gasteiger partial charge in [-0.25, -0.2) is 0 Å². The molecule has 0 aromatic heterocycles. The first-order chi connectivity index (χ1) is 7.65. The third-order valence-corrected chi connectivity index (χ3v) is 3.83. The minimum atomic E-state index is 0.183.